The minimum absolute atomic E-state index is 0.313. The van der Waals surface area contributed by atoms with Gasteiger partial charge in [0.25, 0.3) is 9.79 Å². The molecule has 0 radical (unpaired) electrons. The molecule has 0 aliphatic carbocycles. The minimum atomic E-state index is 0.313. The molecule has 0 fully saturated rings. The molecule has 14 heavy (non-hydrogen) atoms. The van der Waals surface area contributed by atoms with Gasteiger partial charge in [-0.1, -0.05) is 18.3 Å². The lowest BCUT2D eigenvalue weighted by Gasteiger charge is -1.98. The Labute approximate surface area is 98.2 Å². The van der Waals surface area contributed by atoms with Crippen molar-refractivity contribution in [3.05, 3.63) is 9.59 Å². The van der Waals surface area contributed by atoms with Crippen LogP contribution in [0.3, 0.4) is 0 Å². The number of hydrogen-bond donors (Lipinski definition) is 0. The Kier molecular flexibility index (Phi) is 2.77. The van der Waals surface area contributed by atoms with Gasteiger partial charge in [0.15, 0.2) is 0 Å². The zero-order valence-corrected chi connectivity index (χ0v) is 10.5. The highest BCUT2D eigenvalue weighted by atomic mass is 127. The molecule has 2 aromatic rings. The van der Waals surface area contributed by atoms with Crippen molar-refractivity contribution in [2.24, 2.45) is 0 Å². The van der Waals surface area contributed by atoms with Crippen molar-refractivity contribution in [2.75, 3.05) is 0 Å². The van der Waals surface area contributed by atoms with Gasteiger partial charge in [0.2, 0.25) is 0 Å². The van der Waals surface area contributed by atoms with Crippen LogP contribution in [0.2, 0.25) is 0 Å². The van der Waals surface area contributed by atoms with E-state index in [4.69, 9.17) is 4.42 Å². The van der Waals surface area contributed by atoms with E-state index in [2.05, 4.69) is 33.6 Å². The Morgan fingerprint density at radius 2 is 2.07 bits per heavy atom. The SMILES string of the molecule is CC(C)c1nnsc1-c1nnc(I)o1. The highest BCUT2D eigenvalue weighted by Gasteiger charge is 2.18. The fourth-order valence-corrected chi connectivity index (χ4v) is 2.08. The Morgan fingerprint density at radius 1 is 1.29 bits per heavy atom. The first kappa shape index (κ1) is 9.97. The molecule has 0 saturated heterocycles. The monoisotopic (exact) mass is 322 g/mol. The molecule has 0 aliphatic rings. The molecule has 2 heterocycles. The van der Waals surface area contributed by atoms with E-state index in [0.717, 1.165) is 10.6 Å². The zero-order valence-electron chi connectivity index (χ0n) is 7.56. The summed E-state index contributed by atoms with van der Waals surface area (Å²) in [6.07, 6.45) is 0. The zero-order chi connectivity index (χ0) is 10.1. The summed E-state index contributed by atoms with van der Waals surface area (Å²) in [5.41, 5.74) is 0.912. The lowest BCUT2D eigenvalue weighted by atomic mass is 10.1. The third-order valence-corrected chi connectivity index (χ3v) is 2.82. The molecule has 0 saturated carbocycles. The molecule has 0 aromatic carbocycles. The second-order valence-electron chi connectivity index (χ2n) is 3.00. The maximum atomic E-state index is 5.31. The van der Waals surface area contributed by atoms with Crippen molar-refractivity contribution >= 4 is 34.1 Å². The quantitative estimate of drug-likeness (QED) is 0.794. The van der Waals surface area contributed by atoms with Crippen LogP contribution in [0.4, 0.5) is 0 Å². The highest BCUT2D eigenvalue weighted by molar-refractivity contribution is 14.1. The van der Waals surface area contributed by atoms with Gasteiger partial charge in [-0.05, 0) is 17.5 Å². The van der Waals surface area contributed by atoms with Crippen LogP contribution in [0.5, 0.6) is 0 Å². The largest absolute Gasteiger partial charge is 0.411 e. The molecule has 0 amide bonds. The molecule has 2 aromatic heterocycles. The van der Waals surface area contributed by atoms with E-state index in [-0.39, 0.29) is 0 Å². The van der Waals surface area contributed by atoms with E-state index < -0.39 is 0 Å². The smallest absolute Gasteiger partial charge is 0.278 e. The van der Waals surface area contributed by atoms with Gasteiger partial charge in [0.05, 0.1) is 5.69 Å². The summed E-state index contributed by atoms with van der Waals surface area (Å²) in [4.78, 5) is 0.871. The first-order valence-corrected chi connectivity index (χ1v) is 5.85. The summed E-state index contributed by atoms with van der Waals surface area (Å²) in [5, 5.41) is 11.7. The van der Waals surface area contributed by atoms with Crippen molar-refractivity contribution in [2.45, 2.75) is 19.8 Å². The molecule has 0 unspecified atom stereocenters. The van der Waals surface area contributed by atoms with Gasteiger partial charge in [-0.25, -0.2) is 0 Å². The van der Waals surface area contributed by atoms with Gasteiger partial charge in [-0.15, -0.1) is 15.3 Å². The van der Waals surface area contributed by atoms with Crippen molar-refractivity contribution in [1.82, 2.24) is 19.8 Å². The first-order valence-electron chi connectivity index (χ1n) is 4.00. The molecule has 74 valence electrons. The molecular formula is C7H7IN4OS. The molecule has 7 heteroatoms. The summed E-state index contributed by atoms with van der Waals surface area (Å²) in [6, 6.07) is 0. The molecule has 0 aliphatic heterocycles. The third-order valence-electron chi connectivity index (χ3n) is 1.65. The van der Waals surface area contributed by atoms with E-state index in [0.29, 0.717) is 15.7 Å². The second-order valence-corrected chi connectivity index (χ2v) is 4.68. The molecule has 0 spiro atoms. The average molecular weight is 322 g/mol. The minimum Gasteiger partial charge on any atom is -0.411 e. The van der Waals surface area contributed by atoms with Gasteiger partial charge in [-0.3, -0.25) is 0 Å². The fraction of sp³-hybridized carbons (Fsp3) is 0.429. The number of aromatic nitrogens is 4. The normalized spacial score (nSPS) is 11.1. The molecule has 0 atom stereocenters. The lowest BCUT2D eigenvalue weighted by Crippen LogP contribution is -1.90. The second kappa shape index (κ2) is 3.89. The number of halogens is 1. The standard InChI is InChI=1S/C7H7IN4OS/c1-3(2)4-5(14-12-9-4)6-10-11-7(8)13-6/h3H,1-2H3. The number of rotatable bonds is 2. The van der Waals surface area contributed by atoms with Crippen LogP contribution in [-0.4, -0.2) is 19.8 Å². The number of nitrogens with zero attached hydrogens (tertiary/aromatic N) is 4. The van der Waals surface area contributed by atoms with E-state index in [9.17, 15) is 0 Å². The van der Waals surface area contributed by atoms with Crippen LogP contribution < -0.4 is 0 Å². The van der Waals surface area contributed by atoms with Crippen LogP contribution in [0.25, 0.3) is 10.8 Å². The molecule has 2 rings (SSSR count). The predicted molar refractivity (Wildman–Crippen MR) is 60.0 cm³/mol. The van der Waals surface area contributed by atoms with E-state index in [1.807, 2.05) is 22.6 Å². The summed E-state index contributed by atoms with van der Waals surface area (Å²) in [7, 11) is 0. The molecule has 5 nitrogen and oxygen atoms in total. The molecular weight excluding hydrogens is 315 g/mol. The summed E-state index contributed by atoms with van der Waals surface area (Å²) in [6.45, 7) is 4.11. The lowest BCUT2D eigenvalue weighted by molar-refractivity contribution is 0.537. The predicted octanol–water partition coefficient (Wildman–Crippen LogP) is 2.32. The van der Waals surface area contributed by atoms with Crippen LogP contribution in [0.1, 0.15) is 25.5 Å². The summed E-state index contributed by atoms with van der Waals surface area (Å²) in [5.74, 6) is 0.821. The van der Waals surface area contributed by atoms with E-state index >= 15 is 0 Å². The Balaban J connectivity index is 2.46. The Hall–Kier alpha value is -0.570. The van der Waals surface area contributed by atoms with E-state index in [1.165, 1.54) is 11.5 Å². The van der Waals surface area contributed by atoms with Gasteiger partial charge < -0.3 is 4.42 Å². The Bertz CT molecular complexity index is 438. The average Bonchev–Trinajstić information content (AvgIpc) is 2.70. The van der Waals surface area contributed by atoms with Crippen molar-refractivity contribution < 1.29 is 4.42 Å². The maximum absolute atomic E-state index is 5.31. The van der Waals surface area contributed by atoms with Crippen molar-refractivity contribution in [1.29, 1.82) is 0 Å². The Morgan fingerprint density at radius 3 is 2.64 bits per heavy atom. The molecule has 0 bridgehead atoms. The van der Waals surface area contributed by atoms with E-state index in [1.54, 1.807) is 0 Å². The van der Waals surface area contributed by atoms with Gasteiger partial charge in [-0.2, -0.15) is 0 Å². The first-order chi connectivity index (χ1) is 6.68. The highest BCUT2D eigenvalue weighted by Crippen LogP contribution is 2.29. The van der Waals surface area contributed by atoms with Crippen LogP contribution in [0.15, 0.2) is 4.42 Å². The van der Waals surface area contributed by atoms with Gasteiger partial charge in [0, 0.05) is 22.6 Å². The summed E-state index contributed by atoms with van der Waals surface area (Å²) >= 11 is 3.26. The topological polar surface area (TPSA) is 64.7 Å². The van der Waals surface area contributed by atoms with Crippen LogP contribution >= 0.6 is 34.1 Å². The maximum Gasteiger partial charge on any atom is 0.278 e. The number of hydrogen-bond acceptors (Lipinski definition) is 6. The van der Waals surface area contributed by atoms with Gasteiger partial charge >= 0.3 is 0 Å². The molecule has 0 N–H and O–H groups in total. The van der Waals surface area contributed by atoms with Crippen molar-refractivity contribution in [3.63, 3.8) is 0 Å². The van der Waals surface area contributed by atoms with Crippen LogP contribution in [0, 0.1) is 3.90 Å². The third kappa shape index (κ3) is 1.78. The summed E-state index contributed by atoms with van der Waals surface area (Å²) < 4.78 is 9.73. The van der Waals surface area contributed by atoms with Crippen LogP contribution in [-0.2, 0) is 0 Å². The fourth-order valence-electron chi connectivity index (χ4n) is 1.02. The van der Waals surface area contributed by atoms with Gasteiger partial charge in [0.1, 0.15) is 4.88 Å². The van der Waals surface area contributed by atoms with Crippen molar-refractivity contribution in [3.8, 4) is 10.8 Å².